The molecule has 2 aromatic heterocycles. The van der Waals surface area contributed by atoms with Gasteiger partial charge >= 0.3 is 0 Å². The first-order valence-electron chi connectivity index (χ1n) is 10.8. The van der Waals surface area contributed by atoms with Crippen LogP contribution in [0.15, 0.2) is 36.7 Å². The van der Waals surface area contributed by atoms with E-state index < -0.39 is 5.82 Å². The minimum absolute atomic E-state index is 0.0699. The quantitative estimate of drug-likeness (QED) is 0.363. The summed E-state index contributed by atoms with van der Waals surface area (Å²) in [6, 6.07) is 6.93. The van der Waals surface area contributed by atoms with Crippen LogP contribution >= 0.6 is 0 Å². The highest BCUT2D eigenvalue weighted by Gasteiger charge is 2.19. The molecule has 0 fully saturated rings. The van der Waals surface area contributed by atoms with Crippen molar-refractivity contribution in [2.45, 2.75) is 46.2 Å². The zero-order valence-corrected chi connectivity index (χ0v) is 19.8. The van der Waals surface area contributed by atoms with Gasteiger partial charge < -0.3 is 20.2 Å². The van der Waals surface area contributed by atoms with Gasteiger partial charge in [-0.1, -0.05) is 0 Å². The van der Waals surface area contributed by atoms with Crippen molar-refractivity contribution in [3.05, 3.63) is 53.9 Å². The number of hydrogen-bond donors (Lipinski definition) is 2. The van der Waals surface area contributed by atoms with Crippen LogP contribution in [-0.4, -0.2) is 56.1 Å². The van der Waals surface area contributed by atoms with E-state index in [0.717, 1.165) is 12.0 Å². The summed E-state index contributed by atoms with van der Waals surface area (Å²) in [5.41, 5.74) is 1.90. The summed E-state index contributed by atoms with van der Waals surface area (Å²) in [4.78, 5) is 27.2. The number of Topliss-reactive ketones (excluding diaryl/α,β-unsaturated/α-hetero) is 1. The summed E-state index contributed by atoms with van der Waals surface area (Å²) in [7, 11) is 3.84. The fourth-order valence-corrected chi connectivity index (χ4v) is 3.47. The highest BCUT2D eigenvalue weighted by molar-refractivity contribution is 6.45. The smallest absolute Gasteiger partial charge is 0.227 e. The Labute approximate surface area is 193 Å². The summed E-state index contributed by atoms with van der Waals surface area (Å²) in [6.45, 7) is 7.84. The number of anilines is 2. The Kier molecular flexibility index (Phi) is 7.33. The second-order valence-corrected chi connectivity index (χ2v) is 8.57. The molecule has 33 heavy (non-hydrogen) atoms. The number of rotatable bonds is 9. The average Bonchev–Trinajstić information content (AvgIpc) is 3.16. The lowest BCUT2D eigenvalue weighted by Gasteiger charge is -2.19. The zero-order chi connectivity index (χ0) is 24.3. The van der Waals surface area contributed by atoms with Gasteiger partial charge in [0.2, 0.25) is 11.7 Å². The van der Waals surface area contributed by atoms with Crippen LogP contribution in [0.2, 0.25) is 0 Å². The highest BCUT2D eigenvalue weighted by Crippen LogP contribution is 2.26. The molecular weight excluding hydrogens is 421 g/mol. The molecule has 0 aliphatic carbocycles. The van der Waals surface area contributed by atoms with Gasteiger partial charge in [-0.05, 0) is 66.1 Å². The first kappa shape index (κ1) is 24.2. The van der Waals surface area contributed by atoms with Crippen LogP contribution in [-0.2, 0) is 0 Å². The van der Waals surface area contributed by atoms with Crippen molar-refractivity contribution in [1.29, 1.82) is 5.41 Å². The van der Waals surface area contributed by atoms with Crippen molar-refractivity contribution in [2.75, 3.05) is 19.4 Å². The molecular formula is C24H30FN7O. The average molecular weight is 452 g/mol. The Bertz CT molecular complexity index is 1150. The molecule has 9 heteroatoms. The maximum Gasteiger partial charge on any atom is 0.227 e. The molecule has 0 aliphatic rings. The number of imidazole rings is 1. The van der Waals surface area contributed by atoms with Crippen molar-refractivity contribution in [3.63, 3.8) is 0 Å². The van der Waals surface area contributed by atoms with Crippen LogP contribution in [0.25, 0.3) is 11.4 Å². The van der Waals surface area contributed by atoms with E-state index in [0.29, 0.717) is 23.4 Å². The van der Waals surface area contributed by atoms with Crippen LogP contribution in [0.4, 0.5) is 16.0 Å². The molecule has 0 saturated heterocycles. The molecule has 3 rings (SSSR count). The normalized spacial score (nSPS) is 12.3. The van der Waals surface area contributed by atoms with E-state index in [2.05, 4.69) is 20.3 Å². The third kappa shape index (κ3) is 5.48. The maximum atomic E-state index is 14.5. The molecule has 2 N–H and O–H groups in total. The van der Waals surface area contributed by atoms with Gasteiger partial charge in [-0.15, -0.1) is 0 Å². The molecule has 174 valence electrons. The fraction of sp³-hybridized carbons (Fsp3) is 0.375. The number of aryl methyl sites for hydroxylation is 1. The van der Waals surface area contributed by atoms with E-state index >= 15 is 0 Å². The molecule has 2 heterocycles. The second-order valence-electron chi connectivity index (χ2n) is 8.57. The molecule has 0 saturated carbocycles. The molecule has 0 spiro atoms. The second kappa shape index (κ2) is 9.99. The third-order valence-electron chi connectivity index (χ3n) is 5.54. The van der Waals surface area contributed by atoms with Crippen LogP contribution in [0.5, 0.6) is 0 Å². The lowest BCUT2D eigenvalue weighted by molar-refractivity contribution is 0.106. The number of hydrogen-bond acceptors (Lipinski definition) is 7. The summed E-state index contributed by atoms with van der Waals surface area (Å²) in [5, 5.41) is 11.2. The minimum Gasteiger partial charge on any atom is -0.324 e. The lowest BCUT2D eigenvalue weighted by atomic mass is 10.0. The van der Waals surface area contributed by atoms with E-state index in [1.165, 1.54) is 0 Å². The summed E-state index contributed by atoms with van der Waals surface area (Å²) in [5.74, 6) is 0.173. The van der Waals surface area contributed by atoms with E-state index in [-0.39, 0.29) is 35.2 Å². The number of nitrogens with one attached hydrogen (secondary N) is 2. The van der Waals surface area contributed by atoms with Gasteiger partial charge in [0.05, 0.1) is 23.8 Å². The highest BCUT2D eigenvalue weighted by atomic mass is 19.1. The largest absolute Gasteiger partial charge is 0.324 e. The number of ketones is 1. The molecule has 1 atom stereocenters. The molecule has 0 aliphatic heterocycles. The van der Waals surface area contributed by atoms with E-state index in [9.17, 15) is 9.18 Å². The van der Waals surface area contributed by atoms with E-state index in [1.807, 2.05) is 51.3 Å². The molecule has 0 radical (unpaired) electrons. The van der Waals surface area contributed by atoms with Crippen LogP contribution in [0, 0.1) is 18.2 Å². The van der Waals surface area contributed by atoms with E-state index in [4.69, 9.17) is 5.41 Å². The number of benzene rings is 1. The van der Waals surface area contributed by atoms with Crippen molar-refractivity contribution >= 4 is 23.1 Å². The van der Waals surface area contributed by atoms with Crippen molar-refractivity contribution in [2.24, 2.45) is 0 Å². The topological polar surface area (TPSA) is 99.8 Å². The predicted octanol–water partition coefficient (Wildman–Crippen LogP) is 4.65. The van der Waals surface area contributed by atoms with Gasteiger partial charge in [-0.3, -0.25) is 4.79 Å². The van der Waals surface area contributed by atoms with Gasteiger partial charge in [-0.25, -0.2) is 19.3 Å². The number of aromatic nitrogens is 4. The predicted molar refractivity (Wildman–Crippen MR) is 128 cm³/mol. The first-order chi connectivity index (χ1) is 15.6. The van der Waals surface area contributed by atoms with Gasteiger partial charge in [0.15, 0.2) is 5.82 Å². The van der Waals surface area contributed by atoms with Gasteiger partial charge in [0.25, 0.3) is 0 Å². The summed E-state index contributed by atoms with van der Waals surface area (Å²) in [6.07, 6.45) is 3.12. The number of carbonyl (C=O) groups excluding carboxylic acids is 1. The van der Waals surface area contributed by atoms with Crippen LogP contribution in [0.3, 0.4) is 0 Å². The van der Waals surface area contributed by atoms with Gasteiger partial charge in [0.1, 0.15) is 11.5 Å². The summed E-state index contributed by atoms with van der Waals surface area (Å²) < 4.78 is 16.5. The Hall–Kier alpha value is -3.46. The summed E-state index contributed by atoms with van der Waals surface area (Å²) >= 11 is 0. The maximum absolute atomic E-state index is 14.5. The Morgan fingerprint density at radius 3 is 2.42 bits per heavy atom. The van der Waals surface area contributed by atoms with Crippen molar-refractivity contribution in [3.8, 4) is 11.4 Å². The zero-order valence-electron chi connectivity index (χ0n) is 19.8. The number of halogens is 1. The van der Waals surface area contributed by atoms with Gasteiger partial charge in [0, 0.05) is 29.8 Å². The molecule has 3 aromatic rings. The number of carbonyl (C=O) groups is 1. The standard InChI is InChI=1S/C24H30FN7O/c1-14(2)32-16(4)27-13-21(32)22-19(25)12-28-24(30-22)29-18-9-7-17(8-10-18)23(33)20(26)11-15(3)31(5)6/h7-10,12-15,26H,11H2,1-6H3,(H,28,29,30)/t15-/m0/s1. The Morgan fingerprint density at radius 1 is 1.15 bits per heavy atom. The van der Waals surface area contributed by atoms with Crippen molar-refractivity contribution < 1.29 is 9.18 Å². The Balaban J connectivity index is 1.78. The van der Waals surface area contributed by atoms with E-state index in [1.54, 1.807) is 30.5 Å². The molecule has 1 aromatic carbocycles. The SMILES string of the molecule is Cc1ncc(-c2nc(Nc3ccc(C(=O)C(=N)C[C@H](C)N(C)C)cc3)ncc2F)n1C(C)C. The minimum atomic E-state index is -0.534. The third-order valence-corrected chi connectivity index (χ3v) is 5.54. The van der Waals surface area contributed by atoms with Crippen LogP contribution < -0.4 is 5.32 Å². The molecule has 8 nitrogen and oxygen atoms in total. The molecule has 0 unspecified atom stereocenters. The van der Waals surface area contributed by atoms with Crippen LogP contribution in [0.1, 0.15) is 49.4 Å². The molecule has 0 amide bonds. The Morgan fingerprint density at radius 2 is 1.82 bits per heavy atom. The fourth-order valence-electron chi connectivity index (χ4n) is 3.47. The van der Waals surface area contributed by atoms with Gasteiger partial charge in [-0.2, -0.15) is 0 Å². The number of nitrogens with zero attached hydrogens (tertiary/aromatic N) is 5. The van der Waals surface area contributed by atoms with Crippen molar-refractivity contribution in [1.82, 2.24) is 24.4 Å². The first-order valence-corrected chi connectivity index (χ1v) is 10.8. The molecule has 0 bridgehead atoms. The monoisotopic (exact) mass is 451 g/mol. The lowest BCUT2D eigenvalue weighted by Crippen LogP contribution is -2.29.